The fraction of sp³-hybridized carbons (Fsp3) is 0.938. The van der Waals surface area contributed by atoms with Crippen molar-refractivity contribution in [3.63, 3.8) is 0 Å². The summed E-state index contributed by atoms with van der Waals surface area (Å²) in [6.07, 6.45) is 14.6. The standard InChI is InChI=1S/C16H33NO/c1-3-5-7-9-10-11-12-14-16(18)17-15-13-8-6-4-2/h3-15H2,1-2H3,(H,17,18). The molecule has 0 saturated carbocycles. The zero-order valence-electron chi connectivity index (χ0n) is 12.6. The van der Waals surface area contributed by atoms with Gasteiger partial charge < -0.3 is 5.32 Å². The molecule has 0 fully saturated rings. The molecule has 0 spiro atoms. The van der Waals surface area contributed by atoms with Gasteiger partial charge in [-0.3, -0.25) is 4.79 Å². The van der Waals surface area contributed by atoms with Crippen LogP contribution >= 0.6 is 0 Å². The van der Waals surface area contributed by atoms with Crippen molar-refractivity contribution in [1.29, 1.82) is 0 Å². The highest BCUT2D eigenvalue weighted by atomic mass is 16.1. The van der Waals surface area contributed by atoms with Gasteiger partial charge in [-0.25, -0.2) is 0 Å². The maximum atomic E-state index is 11.5. The molecule has 0 aromatic heterocycles. The van der Waals surface area contributed by atoms with E-state index in [9.17, 15) is 4.79 Å². The van der Waals surface area contributed by atoms with Crippen molar-refractivity contribution in [3.8, 4) is 0 Å². The molecule has 0 unspecified atom stereocenters. The highest BCUT2D eigenvalue weighted by Gasteiger charge is 2.00. The Morgan fingerprint density at radius 3 is 1.83 bits per heavy atom. The molecule has 0 radical (unpaired) electrons. The quantitative estimate of drug-likeness (QED) is 0.469. The third-order valence-corrected chi connectivity index (χ3v) is 3.36. The van der Waals surface area contributed by atoms with Gasteiger partial charge >= 0.3 is 0 Å². The van der Waals surface area contributed by atoms with Crippen molar-refractivity contribution in [3.05, 3.63) is 0 Å². The highest BCUT2D eigenvalue weighted by Crippen LogP contribution is 2.08. The van der Waals surface area contributed by atoms with E-state index in [-0.39, 0.29) is 5.91 Å². The summed E-state index contributed by atoms with van der Waals surface area (Å²) in [7, 11) is 0. The molecule has 1 amide bonds. The van der Waals surface area contributed by atoms with E-state index in [0.717, 1.165) is 25.8 Å². The lowest BCUT2D eigenvalue weighted by molar-refractivity contribution is -0.121. The van der Waals surface area contributed by atoms with Crippen molar-refractivity contribution in [2.75, 3.05) is 6.54 Å². The fourth-order valence-corrected chi connectivity index (χ4v) is 2.11. The van der Waals surface area contributed by atoms with Crippen molar-refractivity contribution < 1.29 is 4.79 Å². The van der Waals surface area contributed by atoms with Crippen LogP contribution in [-0.4, -0.2) is 12.5 Å². The molecule has 18 heavy (non-hydrogen) atoms. The number of carbonyl (C=O) groups is 1. The first-order valence-corrected chi connectivity index (χ1v) is 8.08. The number of nitrogens with one attached hydrogen (secondary N) is 1. The molecule has 0 heterocycles. The first-order valence-electron chi connectivity index (χ1n) is 8.08. The highest BCUT2D eigenvalue weighted by molar-refractivity contribution is 5.75. The second kappa shape index (κ2) is 14.5. The van der Waals surface area contributed by atoms with Crippen LogP contribution in [-0.2, 0) is 4.79 Å². The van der Waals surface area contributed by atoms with Gasteiger partial charge in [-0.15, -0.1) is 0 Å². The third kappa shape index (κ3) is 13.5. The maximum Gasteiger partial charge on any atom is 0.219 e. The van der Waals surface area contributed by atoms with Gasteiger partial charge in [0.1, 0.15) is 0 Å². The number of unbranched alkanes of at least 4 members (excludes halogenated alkanes) is 9. The Balaban J connectivity index is 3.12. The topological polar surface area (TPSA) is 29.1 Å². The molecule has 0 aromatic carbocycles. The SMILES string of the molecule is CCCCCCCCCC(=O)NCCCCCC. The Morgan fingerprint density at radius 1 is 0.722 bits per heavy atom. The zero-order chi connectivity index (χ0) is 13.5. The van der Waals surface area contributed by atoms with Crippen LogP contribution in [0.2, 0.25) is 0 Å². The van der Waals surface area contributed by atoms with Crippen molar-refractivity contribution >= 4 is 5.91 Å². The van der Waals surface area contributed by atoms with Crippen molar-refractivity contribution in [2.24, 2.45) is 0 Å². The summed E-state index contributed by atoms with van der Waals surface area (Å²) in [5, 5.41) is 3.01. The molecule has 0 rings (SSSR count). The largest absolute Gasteiger partial charge is 0.356 e. The van der Waals surface area contributed by atoms with Crippen LogP contribution < -0.4 is 5.32 Å². The van der Waals surface area contributed by atoms with Gasteiger partial charge in [0.25, 0.3) is 0 Å². The van der Waals surface area contributed by atoms with Crippen LogP contribution in [0.1, 0.15) is 90.9 Å². The van der Waals surface area contributed by atoms with E-state index in [4.69, 9.17) is 0 Å². The number of amides is 1. The number of carbonyl (C=O) groups excluding carboxylic acids is 1. The first kappa shape index (κ1) is 17.5. The Kier molecular flexibility index (Phi) is 14.1. The molecule has 1 N–H and O–H groups in total. The number of hydrogen-bond donors (Lipinski definition) is 1. The molecule has 0 bridgehead atoms. The van der Waals surface area contributed by atoms with Crippen LogP contribution in [0.15, 0.2) is 0 Å². The molecular formula is C16H33NO. The predicted octanol–water partition coefficient (Wildman–Crippen LogP) is 4.82. The van der Waals surface area contributed by atoms with Gasteiger partial charge in [-0.05, 0) is 12.8 Å². The normalized spacial score (nSPS) is 10.6. The Morgan fingerprint density at radius 2 is 1.22 bits per heavy atom. The lowest BCUT2D eigenvalue weighted by Gasteiger charge is -2.05. The summed E-state index contributed by atoms with van der Waals surface area (Å²) < 4.78 is 0. The van der Waals surface area contributed by atoms with Crippen LogP contribution in [0, 0.1) is 0 Å². The molecular weight excluding hydrogens is 222 g/mol. The molecule has 0 atom stereocenters. The predicted molar refractivity (Wildman–Crippen MR) is 79.8 cm³/mol. The summed E-state index contributed by atoms with van der Waals surface area (Å²) >= 11 is 0. The van der Waals surface area contributed by atoms with Gasteiger partial charge in [0.2, 0.25) is 5.91 Å². The fourth-order valence-electron chi connectivity index (χ4n) is 2.11. The zero-order valence-corrected chi connectivity index (χ0v) is 12.6. The molecule has 0 aliphatic rings. The summed E-state index contributed by atoms with van der Waals surface area (Å²) in [6, 6.07) is 0. The Hall–Kier alpha value is -0.530. The van der Waals surface area contributed by atoms with Gasteiger partial charge in [-0.1, -0.05) is 71.6 Å². The van der Waals surface area contributed by atoms with E-state index in [1.807, 2.05) is 0 Å². The molecule has 0 saturated heterocycles. The summed E-state index contributed by atoms with van der Waals surface area (Å²) in [4.78, 5) is 11.5. The van der Waals surface area contributed by atoms with E-state index in [2.05, 4.69) is 19.2 Å². The first-order chi connectivity index (χ1) is 8.81. The van der Waals surface area contributed by atoms with E-state index in [0.29, 0.717) is 0 Å². The van der Waals surface area contributed by atoms with Crippen LogP contribution in [0.25, 0.3) is 0 Å². The van der Waals surface area contributed by atoms with Crippen molar-refractivity contribution in [2.45, 2.75) is 90.9 Å². The van der Waals surface area contributed by atoms with E-state index >= 15 is 0 Å². The van der Waals surface area contributed by atoms with E-state index in [1.165, 1.54) is 57.8 Å². The van der Waals surface area contributed by atoms with Crippen LogP contribution in [0.3, 0.4) is 0 Å². The average molecular weight is 255 g/mol. The minimum Gasteiger partial charge on any atom is -0.356 e. The van der Waals surface area contributed by atoms with Gasteiger partial charge in [0, 0.05) is 13.0 Å². The third-order valence-electron chi connectivity index (χ3n) is 3.36. The van der Waals surface area contributed by atoms with Gasteiger partial charge in [0.15, 0.2) is 0 Å². The molecule has 2 heteroatoms. The van der Waals surface area contributed by atoms with Crippen molar-refractivity contribution in [1.82, 2.24) is 5.32 Å². The monoisotopic (exact) mass is 255 g/mol. The number of rotatable bonds is 13. The molecule has 0 aromatic rings. The Bertz CT molecular complexity index is 180. The molecule has 108 valence electrons. The molecule has 0 aliphatic carbocycles. The Labute approximate surface area is 114 Å². The molecule has 2 nitrogen and oxygen atoms in total. The minimum absolute atomic E-state index is 0.250. The maximum absolute atomic E-state index is 11.5. The number of hydrogen-bond acceptors (Lipinski definition) is 1. The second-order valence-corrected chi connectivity index (χ2v) is 5.28. The van der Waals surface area contributed by atoms with Crippen LogP contribution in [0.4, 0.5) is 0 Å². The summed E-state index contributed by atoms with van der Waals surface area (Å²) in [6.45, 7) is 5.32. The van der Waals surface area contributed by atoms with Gasteiger partial charge in [0.05, 0.1) is 0 Å². The second-order valence-electron chi connectivity index (χ2n) is 5.28. The van der Waals surface area contributed by atoms with Gasteiger partial charge in [-0.2, -0.15) is 0 Å². The van der Waals surface area contributed by atoms with E-state index in [1.54, 1.807) is 0 Å². The smallest absolute Gasteiger partial charge is 0.219 e. The summed E-state index contributed by atoms with van der Waals surface area (Å²) in [5.41, 5.74) is 0. The molecule has 0 aliphatic heterocycles. The average Bonchev–Trinajstić information content (AvgIpc) is 2.37. The minimum atomic E-state index is 0.250. The summed E-state index contributed by atoms with van der Waals surface area (Å²) in [5.74, 6) is 0.250. The van der Waals surface area contributed by atoms with E-state index < -0.39 is 0 Å². The lowest BCUT2D eigenvalue weighted by atomic mass is 10.1. The van der Waals surface area contributed by atoms with Crippen LogP contribution in [0.5, 0.6) is 0 Å². The lowest BCUT2D eigenvalue weighted by Crippen LogP contribution is -2.23.